The molecular weight excluding hydrogens is 194 g/mol. The lowest BCUT2D eigenvalue weighted by atomic mass is 10.2. The Morgan fingerprint density at radius 1 is 1.27 bits per heavy atom. The third-order valence-corrected chi connectivity index (χ3v) is 2.28. The van der Waals surface area contributed by atoms with Crippen LogP contribution in [0.25, 0.3) is 0 Å². The van der Waals surface area contributed by atoms with Crippen molar-refractivity contribution in [1.29, 1.82) is 0 Å². The van der Waals surface area contributed by atoms with Crippen LogP contribution in [0.5, 0.6) is 11.5 Å². The van der Waals surface area contributed by atoms with Crippen molar-refractivity contribution in [1.82, 2.24) is 5.32 Å². The van der Waals surface area contributed by atoms with Crippen LogP contribution in [0.3, 0.4) is 0 Å². The molecule has 4 nitrogen and oxygen atoms in total. The van der Waals surface area contributed by atoms with Gasteiger partial charge in [0, 0.05) is 13.2 Å². The van der Waals surface area contributed by atoms with Crippen LogP contribution in [-0.4, -0.2) is 25.1 Å². The van der Waals surface area contributed by atoms with Gasteiger partial charge in [0.25, 0.3) is 0 Å². The third-order valence-electron chi connectivity index (χ3n) is 2.28. The summed E-state index contributed by atoms with van der Waals surface area (Å²) in [5.41, 5.74) is 1.16. The molecule has 0 amide bonds. The van der Waals surface area contributed by atoms with Crippen LogP contribution in [0.15, 0.2) is 18.2 Å². The minimum Gasteiger partial charge on any atom is -0.454 e. The van der Waals surface area contributed by atoms with Gasteiger partial charge in [0.15, 0.2) is 11.5 Å². The van der Waals surface area contributed by atoms with Gasteiger partial charge in [-0.3, -0.25) is 0 Å². The van der Waals surface area contributed by atoms with Crippen LogP contribution in [0, 0.1) is 0 Å². The second-order valence-corrected chi connectivity index (χ2v) is 3.44. The van der Waals surface area contributed by atoms with Crippen molar-refractivity contribution in [2.45, 2.75) is 13.0 Å². The lowest BCUT2D eigenvalue weighted by molar-refractivity contribution is 0.174. The fourth-order valence-corrected chi connectivity index (χ4v) is 1.49. The summed E-state index contributed by atoms with van der Waals surface area (Å²) in [5.74, 6) is 1.63. The van der Waals surface area contributed by atoms with E-state index in [1.54, 1.807) is 0 Å². The molecule has 0 aromatic heterocycles. The number of aliphatic hydroxyl groups is 1. The maximum Gasteiger partial charge on any atom is 0.231 e. The number of ether oxygens (including phenoxy) is 2. The molecule has 1 heterocycles. The van der Waals surface area contributed by atoms with E-state index in [1.165, 1.54) is 0 Å². The zero-order chi connectivity index (χ0) is 10.5. The largest absolute Gasteiger partial charge is 0.454 e. The quantitative estimate of drug-likeness (QED) is 0.707. The van der Waals surface area contributed by atoms with E-state index in [0.717, 1.165) is 36.6 Å². The van der Waals surface area contributed by atoms with Gasteiger partial charge in [0.05, 0.1) is 0 Å². The van der Waals surface area contributed by atoms with Crippen molar-refractivity contribution in [2.24, 2.45) is 0 Å². The van der Waals surface area contributed by atoms with E-state index in [-0.39, 0.29) is 6.61 Å². The highest BCUT2D eigenvalue weighted by Gasteiger charge is 2.12. The van der Waals surface area contributed by atoms with Gasteiger partial charge in [-0.1, -0.05) is 6.07 Å². The molecule has 0 atom stereocenters. The van der Waals surface area contributed by atoms with Gasteiger partial charge in [-0.2, -0.15) is 0 Å². The van der Waals surface area contributed by atoms with Crippen LogP contribution in [-0.2, 0) is 6.54 Å². The number of rotatable bonds is 5. The van der Waals surface area contributed by atoms with Crippen LogP contribution in [0.4, 0.5) is 0 Å². The molecule has 1 aromatic rings. The Balaban J connectivity index is 1.87. The first-order valence-corrected chi connectivity index (χ1v) is 5.10. The predicted molar refractivity (Wildman–Crippen MR) is 56.0 cm³/mol. The van der Waals surface area contributed by atoms with E-state index in [9.17, 15) is 0 Å². The highest BCUT2D eigenvalue weighted by molar-refractivity contribution is 5.44. The number of fused-ring (bicyclic) bond motifs is 1. The van der Waals surface area contributed by atoms with Crippen molar-refractivity contribution in [3.8, 4) is 11.5 Å². The molecule has 0 bridgehead atoms. The summed E-state index contributed by atoms with van der Waals surface area (Å²) in [6.45, 7) is 2.16. The molecule has 0 radical (unpaired) electrons. The Bertz CT molecular complexity index is 328. The van der Waals surface area contributed by atoms with Gasteiger partial charge in [0.2, 0.25) is 6.79 Å². The van der Waals surface area contributed by atoms with Crippen molar-refractivity contribution < 1.29 is 14.6 Å². The molecule has 1 aliphatic rings. The van der Waals surface area contributed by atoms with Gasteiger partial charge in [-0.05, 0) is 30.7 Å². The fourth-order valence-electron chi connectivity index (χ4n) is 1.49. The molecule has 0 saturated heterocycles. The summed E-state index contributed by atoms with van der Waals surface area (Å²) in [7, 11) is 0. The van der Waals surface area contributed by atoms with E-state index in [0.29, 0.717) is 6.79 Å². The van der Waals surface area contributed by atoms with Gasteiger partial charge >= 0.3 is 0 Å². The lowest BCUT2D eigenvalue weighted by Crippen LogP contribution is -2.15. The van der Waals surface area contributed by atoms with Crippen molar-refractivity contribution in [3.05, 3.63) is 23.8 Å². The number of benzene rings is 1. The lowest BCUT2D eigenvalue weighted by Gasteiger charge is -2.04. The topological polar surface area (TPSA) is 50.7 Å². The van der Waals surface area contributed by atoms with Crippen LogP contribution in [0.1, 0.15) is 12.0 Å². The molecule has 1 aliphatic heterocycles. The first-order chi connectivity index (χ1) is 7.40. The van der Waals surface area contributed by atoms with Crippen LogP contribution in [0.2, 0.25) is 0 Å². The predicted octanol–water partition coefficient (Wildman–Crippen LogP) is 0.887. The van der Waals surface area contributed by atoms with E-state index < -0.39 is 0 Å². The van der Waals surface area contributed by atoms with E-state index in [1.807, 2.05) is 18.2 Å². The van der Waals surface area contributed by atoms with Crippen molar-refractivity contribution in [2.75, 3.05) is 19.9 Å². The molecule has 0 spiro atoms. The van der Waals surface area contributed by atoms with Gasteiger partial charge < -0.3 is 19.9 Å². The van der Waals surface area contributed by atoms with Crippen LogP contribution < -0.4 is 14.8 Å². The highest BCUT2D eigenvalue weighted by Crippen LogP contribution is 2.32. The Morgan fingerprint density at radius 2 is 2.13 bits per heavy atom. The minimum atomic E-state index is 0.230. The number of hydrogen-bond acceptors (Lipinski definition) is 4. The summed E-state index contributed by atoms with van der Waals surface area (Å²) in [5, 5.41) is 11.9. The van der Waals surface area contributed by atoms with Crippen molar-refractivity contribution >= 4 is 0 Å². The minimum absolute atomic E-state index is 0.230. The van der Waals surface area contributed by atoms with Crippen molar-refractivity contribution in [3.63, 3.8) is 0 Å². The highest BCUT2D eigenvalue weighted by atomic mass is 16.7. The molecule has 0 unspecified atom stereocenters. The Kier molecular flexibility index (Phi) is 3.42. The van der Waals surface area contributed by atoms with Gasteiger partial charge in [-0.25, -0.2) is 0 Å². The Labute approximate surface area is 88.8 Å². The molecular formula is C11H15NO3. The first-order valence-electron chi connectivity index (χ1n) is 5.10. The molecule has 15 heavy (non-hydrogen) atoms. The average molecular weight is 209 g/mol. The second kappa shape index (κ2) is 5.00. The molecule has 0 saturated carbocycles. The zero-order valence-corrected chi connectivity index (χ0v) is 8.53. The molecule has 82 valence electrons. The molecule has 0 fully saturated rings. The van der Waals surface area contributed by atoms with Gasteiger partial charge in [-0.15, -0.1) is 0 Å². The summed E-state index contributed by atoms with van der Waals surface area (Å²) in [6.07, 6.45) is 0.782. The normalized spacial score (nSPS) is 13.1. The third kappa shape index (κ3) is 2.61. The zero-order valence-electron chi connectivity index (χ0n) is 8.53. The monoisotopic (exact) mass is 209 g/mol. The molecule has 2 N–H and O–H groups in total. The SMILES string of the molecule is OCCCNCc1ccc2c(c1)OCO2. The second-order valence-electron chi connectivity index (χ2n) is 3.44. The molecule has 2 rings (SSSR count). The maximum absolute atomic E-state index is 8.61. The smallest absolute Gasteiger partial charge is 0.231 e. The van der Waals surface area contributed by atoms with Crippen LogP contribution >= 0.6 is 0 Å². The maximum atomic E-state index is 8.61. The summed E-state index contributed by atoms with van der Waals surface area (Å²) in [4.78, 5) is 0. The van der Waals surface area contributed by atoms with E-state index >= 15 is 0 Å². The molecule has 0 aliphatic carbocycles. The molecule has 1 aromatic carbocycles. The summed E-state index contributed by atoms with van der Waals surface area (Å²) >= 11 is 0. The Hall–Kier alpha value is -1.26. The van der Waals surface area contributed by atoms with E-state index in [2.05, 4.69) is 5.32 Å². The standard InChI is InChI=1S/C11H15NO3/c13-5-1-4-12-7-9-2-3-10-11(6-9)15-8-14-10/h2-3,6,12-13H,1,4-5,7-8H2. The number of hydrogen-bond donors (Lipinski definition) is 2. The number of aliphatic hydroxyl groups excluding tert-OH is 1. The first kappa shape index (κ1) is 10.3. The average Bonchev–Trinajstić information content (AvgIpc) is 2.71. The number of nitrogens with one attached hydrogen (secondary N) is 1. The fraction of sp³-hybridized carbons (Fsp3) is 0.455. The summed E-state index contributed by atoms with van der Waals surface area (Å²) < 4.78 is 10.5. The van der Waals surface area contributed by atoms with Gasteiger partial charge in [0.1, 0.15) is 0 Å². The summed E-state index contributed by atoms with van der Waals surface area (Å²) in [6, 6.07) is 5.92. The van der Waals surface area contributed by atoms with E-state index in [4.69, 9.17) is 14.6 Å². The molecule has 4 heteroatoms. The Morgan fingerprint density at radius 3 is 3.00 bits per heavy atom.